The van der Waals surface area contributed by atoms with Crippen molar-refractivity contribution < 1.29 is 22.7 Å². The number of ether oxygens (including phenoxy) is 2. The van der Waals surface area contributed by atoms with Crippen LogP contribution in [-0.2, 0) is 26.0 Å². The van der Waals surface area contributed by atoms with Gasteiger partial charge in [-0.3, -0.25) is 4.79 Å². The van der Waals surface area contributed by atoms with E-state index in [1.165, 1.54) is 11.4 Å². The van der Waals surface area contributed by atoms with Gasteiger partial charge in [-0.1, -0.05) is 6.07 Å². The lowest BCUT2D eigenvalue weighted by atomic mass is 10.1. The standard InChI is InChI=1S/C17H25N3O5S.ClH/c1-24-15-3-2-14(13-17(21)19-6-4-18-5-7-19)12-16(15)26(22,23)20-8-10-25-11-9-20;/h2-3,12,18H,4-11,13H2,1H3;1H. The van der Waals surface area contributed by atoms with E-state index >= 15 is 0 Å². The summed E-state index contributed by atoms with van der Waals surface area (Å²) in [5.41, 5.74) is 0.668. The Balaban J connectivity index is 0.00000261. The van der Waals surface area contributed by atoms with Gasteiger partial charge in [0.05, 0.1) is 26.7 Å². The molecule has 0 spiro atoms. The number of morpholine rings is 1. The molecule has 2 aliphatic heterocycles. The van der Waals surface area contributed by atoms with Crippen molar-refractivity contribution in [3.63, 3.8) is 0 Å². The second-order valence-corrected chi connectivity index (χ2v) is 8.22. The third kappa shape index (κ3) is 5.11. The summed E-state index contributed by atoms with van der Waals surface area (Å²) in [5.74, 6) is 0.293. The van der Waals surface area contributed by atoms with Crippen LogP contribution in [0.5, 0.6) is 5.75 Å². The first-order valence-electron chi connectivity index (χ1n) is 8.75. The summed E-state index contributed by atoms with van der Waals surface area (Å²) in [6, 6.07) is 4.93. The molecule has 2 heterocycles. The molecule has 0 radical (unpaired) electrons. The number of hydrogen-bond acceptors (Lipinski definition) is 6. The first-order chi connectivity index (χ1) is 12.5. The predicted octanol–water partition coefficient (Wildman–Crippen LogP) is 0.112. The SMILES string of the molecule is COc1ccc(CC(=O)N2CCNCC2)cc1S(=O)(=O)N1CCOCC1.Cl. The topological polar surface area (TPSA) is 88.2 Å². The first kappa shape index (κ1) is 21.9. The molecule has 1 aromatic rings. The van der Waals surface area contributed by atoms with Crippen LogP contribution in [0.15, 0.2) is 23.1 Å². The van der Waals surface area contributed by atoms with Gasteiger partial charge in [0.1, 0.15) is 10.6 Å². The lowest BCUT2D eigenvalue weighted by Crippen LogP contribution is -2.46. The highest BCUT2D eigenvalue weighted by Gasteiger charge is 2.30. The Hall–Kier alpha value is -1.39. The molecule has 2 saturated heterocycles. The fourth-order valence-electron chi connectivity index (χ4n) is 3.16. The molecule has 1 N–H and O–H groups in total. The number of carbonyl (C=O) groups excluding carboxylic acids is 1. The van der Waals surface area contributed by atoms with Gasteiger partial charge in [0.2, 0.25) is 15.9 Å². The number of benzene rings is 1. The van der Waals surface area contributed by atoms with Gasteiger partial charge in [0, 0.05) is 39.3 Å². The average molecular weight is 420 g/mol. The molecule has 3 rings (SSSR count). The molecular weight excluding hydrogens is 394 g/mol. The molecule has 1 amide bonds. The molecule has 0 aliphatic carbocycles. The van der Waals surface area contributed by atoms with Gasteiger partial charge < -0.3 is 19.7 Å². The van der Waals surface area contributed by atoms with Gasteiger partial charge in [0.25, 0.3) is 0 Å². The minimum absolute atomic E-state index is 0. The van der Waals surface area contributed by atoms with E-state index in [0.717, 1.165) is 13.1 Å². The summed E-state index contributed by atoms with van der Waals surface area (Å²) in [4.78, 5) is 14.4. The van der Waals surface area contributed by atoms with E-state index in [4.69, 9.17) is 9.47 Å². The van der Waals surface area contributed by atoms with Crippen LogP contribution in [0.3, 0.4) is 0 Å². The highest BCUT2D eigenvalue weighted by atomic mass is 35.5. The van der Waals surface area contributed by atoms with Crippen molar-refractivity contribution in [1.82, 2.24) is 14.5 Å². The van der Waals surface area contributed by atoms with E-state index in [9.17, 15) is 13.2 Å². The number of methoxy groups -OCH3 is 1. The Morgan fingerprint density at radius 2 is 1.85 bits per heavy atom. The van der Waals surface area contributed by atoms with Crippen molar-refractivity contribution in [2.75, 3.05) is 59.6 Å². The van der Waals surface area contributed by atoms with Crippen molar-refractivity contribution >= 4 is 28.3 Å². The molecule has 0 bridgehead atoms. The van der Waals surface area contributed by atoms with Crippen LogP contribution in [0.25, 0.3) is 0 Å². The minimum Gasteiger partial charge on any atom is -0.495 e. The Labute approximate surface area is 166 Å². The quantitative estimate of drug-likeness (QED) is 0.729. The molecule has 2 fully saturated rings. The van der Waals surface area contributed by atoms with E-state index in [1.54, 1.807) is 23.1 Å². The summed E-state index contributed by atoms with van der Waals surface area (Å²) in [6.45, 7) is 4.30. The minimum atomic E-state index is -3.69. The molecule has 1 aromatic carbocycles. The number of piperazine rings is 1. The van der Waals surface area contributed by atoms with E-state index in [1.807, 2.05) is 0 Å². The van der Waals surface area contributed by atoms with Crippen LogP contribution in [-0.4, -0.2) is 83.1 Å². The number of halogens is 1. The van der Waals surface area contributed by atoms with Crippen LogP contribution in [0.2, 0.25) is 0 Å². The predicted molar refractivity (Wildman–Crippen MR) is 103 cm³/mol. The Kier molecular flexibility index (Phi) is 7.87. The number of carbonyl (C=O) groups is 1. The monoisotopic (exact) mass is 419 g/mol. The van der Waals surface area contributed by atoms with Crippen molar-refractivity contribution in [3.05, 3.63) is 23.8 Å². The van der Waals surface area contributed by atoms with Gasteiger partial charge in [-0.15, -0.1) is 12.4 Å². The second kappa shape index (κ2) is 9.70. The Bertz CT molecular complexity index is 747. The summed E-state index contributed by atoms with van der Waals surface area (Å²) < 4.78 is 37.9. The van der Waals surface area contributed by atoms with E-state index in [-0.39, 0.29) is 35.4 Å². The maximum atomic E-state index is 13.0. The lowest BCUT2D eigenvalue weighted by Gasteiger charge is -2.28. The highest BCUT2D eigenvalue weighted by molar-refractivity contribution is 7.89. The average Bonchev–Trinajstić information content (AvgIpc) is 2.69. The number of sulfonamides is 1. The number of hydrogen-bond donors (Lipinski definition) is 1. The van der Waals surface area contributed by atoms with Crippen LogP contribution in [0, 0.1) is 0 Å². The highest BCUT2D eigenvalue weighted by Crippen LogP contribution is 2.28. The zero-order valence-corrected chi connectivity index (χ0v) is 17.0. The van der Waals surface area contributed by atoms with Gasteiger partial charge in [-0.25, -0.2) is 8.42 Å². The zero-order chi connectivity index (χ0) is 18.6. The lowest BCUT2D eigenvalue weighted by molar-refractivity contribution is -0.131. The number of nitrogens with one attached hydrogen (secondary N) is 1. The molecule has 152 valence electrons. The Morgan fingerprint density at radius 1 is 1.19 bits per heavy atom. The number of amides is 1. The molecule has 8 nitrogen and oxygen atoms in total. The molecule has 2 aliphatic rings. The largest absolute Gasteiger partial charge is 0.495 e. The maximum Gasteiger partial charge on any atom is 0.246 e. The molecule has 0 unspecified atom stereocenters. The maximum absolute atomic E-state index is 13.0. The van der Waals surface area contributed by atoms with E-state index in [2.05, 4.69) is 5.32 Å². The normalized spacial score (nSPS) is 18.6. The fourth-order valence-corrected chi connectivity index (χ4v) is 4.77. The van der Waals surface area contributed by atoms with Crippen molar-refractivity contribution in [2.24, 2.45) is 0 Å². The fraction of sp³-hybridized carbons (Fsp3) is 0.588. The summed E-state index contributed by atoms with van der Waals surface area (Å²) >= 11 is 0. The molecule has 0 aromatic heterocycles. The summed E-state index contributed by atoms with van der Waals surface area (Å²) in [5, 5.41) is 3.21. The third-order valence-electron chi connectivity index (χ3n) is 4.64. The molecule has 10 heteroatoms. The Morgan fingerprint density at radius 3 is 2.48 bits per heavy atom. The third-order valence-corrected chi connectivity index (χ3v) is 6.56. The molecule has 27 heavy (non-hydrogen) atoms. The first-order valence-corrected chi connectivity index (χ1v) is 10.2. The van der Waals surface area contributed by atoms with Crippen LogP contribution in [0.4, 0.5) is 0 Å². The molecular formula is C17H26ClN3O5S. The molecule has 0 atom stereocenters. The number of rotatable bonds is 5. The molecule has 0 saturated carbocycles. The van der Waals surface area contributed by atoms with E-state index in [0.29, 0.717) is 45.0 Å². The summed E-state index contributed by atoms with van der Waals surface area (Å²) in [6.07, 6.45) is 0.176. The van der Waals surface area contributed by atoms with Gasteiger partial charge in [0.15, 0.2) is 0 Å². The second-order valence-electron chi connectivity index (χ2n) is 6.31. The van der Waals surface area contributed by atoms with E-state index < -0.39 is 10.0 Å². The van der Waals surface area contributed by atoms with Crippen molar-refractivity contribution in [2.45, 2.75) is 11.3 Å². The van der Waals surface area contributed by atoms with Gasteiger partial charge in [-0.2, -0.15) is 4.31 Å². The van der Waals surface area contributed by atoms with Gasteiger partial charge >= 0.3 is 0 Å². The number of nitrogens with zero attached hydrogens (tertiary/aromatic N) is 2. The van der Waals surface area contributed by atoms with Crippen LogP contribution in [0.1, 0.15) is 5.56 Å². The van der Waals surface area contributed by atoms with Crippen molar-refractivity contribution in [1.29, 1.82) is 0 Å². The van der Waals surface area contributed by atoms with Crippen LogP contribution >= 0.6 is 12.4 Å². The van der Waals surface area contributed by atoms with Gasteiger partial charge in [-0.05, 0) is 17.7 Å². The van der Waals surface area contributed by atoms with Crippen LogP contribution < -0.4 is 10.1 Å². The summed E-state index contributed by atoms with van der Waals surface area (Å²) in [7, 11) is -2.25. The van der Waals surface area contributed by atoms with Crippen molar-refractivity contribution in [3.8, 4) is 5.75 Å². The zero-order valence-electron chi connectivity index (χ0n) is 15.3. The smallest absolute Gasteiger partial charge is 0.246 e.